The van der Waals surface area contributed by atoms with Crippen molar-refractivity contribution in [3.8, 4) is 0 Å². The molecule has 3 saturated heterocycles. The van der Waals surface area contributed by atoms with Gasteiger partial charge in [-0.2, -0.15) is 0 Å². The van der Waals surface area contributed by atoms with Gasteiger partial charge in [-0.3, -0.25) is 4.79 Å². The summed E-state index contributed by atoms with van der Waals surface area (Å²) in [6.07, 6.45) is -20.0. The number of nitrogens with one attached hydrogen (secondary N) is 1. The zero-order valence-electron chi connectivity index (χ0n) is 20.5. The molecule has 1 amide bonds. The Labute approximate surface area is 212 Å². The van der Waals surface area contributed by atoms with Crippen LogP contribution in [0.15, 0.2) is 0 Å². The molecule has 0 radical (unpaired) electrons. The van der Waals surface area contributed by atoms with Crippen LogP contribution in [0.25, 0.3) is 0 Å². The number of carbonyl (C=O) groups excluding carboxylic acids is 1. The van der Waals surface area contributed by atoms with Gasteiger partial charge in [0.1, 0.15) is 67.1 Å². The lowest BCUT2D eigenvalue weighted by atomic mass is 9.96. The summed E-state index contributed by atoms with van der Waals surface area (Å²) in [5.74, 6) is -0.557. The molecule has 3 aliphatic heterocycles. The van der Waals surface area contributed by atoms with E-state index in [0.717, 1.165) is 0 Å². The number of hydrogen-bond donors (Lipinski definition) is 9. The molecule has 0 aliphatic carbocycles. The molecule has 16 heteroatoms. The number of amides is 1. The van der Waals surface area contributed by atoms with Crippen LogP contribution in [0.2, 0.25) is 0 Å². The van der Waals surface area contributed by atoms with Crippen LogP contribution in [-0.4, -0.2) is 159 Å². The average Bonchev–Trinajstić information content (AvgIpc) is 2.86. The van der Waals surface area contributed by atoms with E-state index >= 15 is 0 Å². The maximum atomic E-state index is 11.6. The molecule has 0 unspecified atom stereocenters. The van der Waals surface area contributed by atoms with Crippen molar-refractivity contribution in [1.82, 2.24) is 5.32 Å². The van der Waals surface area contributed by atoms with Crippen molar-refractivity contribution >= 4 is 5.91 Å². The van der Waals surface area contributed by atoms with E-state index in [1.165, 1.54) is 21.0 Å². The fraction of sp³-hybridized carbons (Fsp3) is 0.952. The number of aliphatic hydroxyl groups is 8. The number of hydrogen-bond acceptors (Lipinski definition) is 15. The van der Waals surface area contributed by atoms with Crippen molar-refractivity contribution in [1.29, 1.82) is 0 Å². The van der Waals surface area contributed by atoms with Crippen LogP contribution in [0, 0.1) is 0 Å². The van der Waals surface area contributed by atoms with E-state index in [0.29, 0.717) is 0 Å². The topological polar surface area (TPSA) is 246 Å². The highest BCUT2D eigenvalue weighted by atomic mass is 16.8. The van der Waals surface area contributed by atoms with Gasteiger partial charge < -0.3 is 74.6 Å². The summed E-state index contributed by atoms with van der Waals surface area (Å²) in [4.78, 5) is 11.6. The van der Waals surface area contributed by atoms with E-state index in [2.05, 4.69) is 5.32 Å². The van der Waals surface area contributed by atoms with Crippen molar-refractivity contribution in [3.63, 3.8) is 0 Å². The SMILES string of the molecule is CO[C@@H]1O[C@H](CO[C@@H]2O[C@H](CO)[C@H](O)[C@H](O)[C@H]2NC(C)=O)[C@H](O)[C@H](O)[C@H]1O[C@@H]1O[C@@H](C)[C@@H](O)[C@@H](O)[C@@H]1O. The second-order valence-electron chi connectivity index (χ2n) is 9.31. The summed E-state index contributed by atoms with van der Waals surface area (Å²) in [6.45, 7) is 1.50. The first-order valence-corrected chi connectivity index (χ1v) is 11.8. The van der Waals surface area contributed by atoms with E-state index in [1.54, 1.807) is 0 Å². The molecule has 37 heavy (non-hydrogen) atoms. The zero-order chi connectivity index (χ0) is 27.6. The molecule has 0 aromatic rings. The molecule has 16 nitrogen and oxygen atoms in total. The molecule has 216 valence electrons. The molecule has 9 N–H and O–H groups in total. The highest BCUT2D eigenvalue weighted by Gasteiger charge is 2.51. The fourth-order valence-electron chi connectivity index (χ4n) is 4.46. The summed E-state index contributed by atoms with van der Waals surface area (Å²) in [7, 11) is 1.23. The van der Waals surface area contributed by atoms with E-state index in [4.69, 9.17) is 28.4 Å². The Morgan fingerprint density at radius 2 is 1.41 bits per heavy atom. The smallest absolute Gasteiger partial charge is 0.217 e. The molecule has 0 saturated carbocycles. The third kappa shape index (κ3) is 6.56. The second kappa shape index (κ2) is 12.8. The maximum absolute atomic E-state index is 11.6. The Kier molecular flexibility index (Phi) is 10.6. The summed E-state index contributed by atoms with van der Waals surface area (Å²) in [6, 6.07) is -1.23. The first-order chi connectivity index (χ1) is 17.4. The number of carbonyl (C=O) groups is 1. The van der Waals surface area contributed by atoms with Gasteiger partial charge in [0.05, 0.1) is 19.3 Å². The predicted molar refractivity (Wildman–Crippen MR) is 116 cm³/mol. The molecule has 3 aliphatic rings. The number of methoxy groups -OCH3 is 1. The van der Waals surface area contributed by atoms with Gasteiger partial charge in [0.2, 0.25) is 5.91 Å². The van der Waals surface area contributed by atoms with Gasteiger partial charge in [-0.15, -0.1) is 0 Å². The Morgan fingerprint density at radius 3 is 2.00 bits per heavy atom. The third-order valence-corrected chi connectivity index (χ3v) is 6.65. The lowest BCUT2D eigenvalue weighted by molar-refractivity contribution is -0.365. The minimum atomic E-state index is -1.68. The van der Waals surface area contributed by atoms with Gasteiger partial charge in [0.15, 0.2) is 18.9 Å². The minimum absolute atomic E-state index is 0.461. The molecule has 3 fully saturated rings. The minimum Gasteiger partial charge on any atom is -0.394 e. The number of aliphatic hydroxyl groups excluding tert-OH is 8. The molecule has 3 heterocycles. The Morgan fingerprint density at radius 1 is 0.784 bits per heavy atom. The van der Waals surface area contributed by atoms with Crippen molar-refractivity contribution in [3.05, 3.63) is 0 Å². The quantitative estimate of drug-likeness (QED) is 0.138. The molecular formula is C21H37NO15. The first-order valence-electron chi connectivity index (χ1n) is 11.8. The van der Waals surface area contributed by atoms with Gasteiger partial charge in [-0.25, -0.2) is 0 Å². The number of rotatable bonds is 8. The molecular weight excluding hydrogens is 506 g/mol. The van der Waals surface area contributed by atoms with Crippen LogP contribution >= 0.6 is 0 Å². The van der Waals surface area contributed by atoms with Crippen LogP contribution in [-0.2, 0) is 33.2 Å². The average molecular weight is 544 g/mol. The summed E-state index contributed by atoms with van der Waals surface area (Å²) in [5, 5.41) is 83.8. The molecule has 0 aromatic carbocycles. The van der Waals surface area contributed by atoms with Crippen LogP contribution in [0.3, 0.4) is 0 Å². The fourth-order valence-corrected chi connectivity index (χ4v) is 4.46. The zero-order valence-corrected chi connectivity index (χ0v) is 20.5. The van der Waals surface area contributed by atoms with Crippen LogP contribution in [0.5, 0.6) is 0 Å². The summed E-state index contributed by atoms with van der Waals surface area (Å²) >= 11 is 0. The standard InChI is InChI=1S/C21H37NO15/c1-6-11(25)15(29)17(31)20(34-6)37-18-16(30)13(27)9(36-21(18)32-3)5-33-19-10(22-7(2)24)14(28)12(26)8(4-23)35-19/h6,8-21,23,25-31H,4-5H2,1-3H3,(H,22,24)/t6-,8+,9+,10+,11+,12-,13-,14+,15+,16-,17-,18+,19+,20-,21+/m0/s1. The summed E-state index contributed by atoms with van der Waals surface area (Å²) < 4.78 is 32.9. The highest BCUT2D eigenvalue weighted by Crippen LogP contribution is 2.30. The normalized spacial score (nSPS) is 49.0. The maximum Gasteiger partial charge on any atom is 0.217 e. The van der Waals surface area contributed by atoms with E-state index in [9.17, 15) is 45.6 Å². The Hall–Kier alpha value is -1.09. The molecule has 3 rings (SSSR count). The Bertz CT molecular complexity index is 745. The Balaban J connectivity index is 1.67. The van der Waals surface area contributed by atoms with Gasteiger partial charge in [0, 0.05) is 14.0 Å². The van der Waals surface area contributed by atoms with Crippen LogP contribution in [0.1, 0.15) is 13.8 Å². The molecule has 0 aromatic heterocycles. The van der Waals surface area contributed by atoms with Gasteiger partial charge in [0.25, 0.3) is 0 Å². The monoisotopic (exact) mass is 543 g/mol. The second-order valence-corrected chi connectivity index (χ2v) is 9.31. The van der Waals surface area contributed by atoms with E-state index < -0.39 is 111 Å². The van der Waals surface area contributed by atoms with Crippen LogP contribution in [0.4, 0.5) is 0 Å². The van der Waals surface area contributed by atoms with Crippen LogP contribution < -0.4 is 5.32 Å². The summed E-state index contributed by atoms with van der Waals surface area (Å²) in [5.41, 5.74) is 0. The van der Waals surface area contributed by atoms with Gasteiger partial charge in [-0.1, -0.05) is 0 Å². The van der Waals surface area contributed by atoms with Crippen molar-refractivity contribution < 1.29 is 74.1 Å². The van der Waals surface area contributed by atoms with Gasteiger partial charge >= 0.3 is 0 Å². The number of ether oxygens (including phenoxy) is 6. The third-order valence-electron chi connectivity index (χ3n) is 6.65. The predicted octanol–water partition coefficient (Wildman–Crippen LogP) is -5.75. The van der Waals surface area contributed by atoms with Gasteiger partial charge in [-0.05, 0) is 6.92 Å². The molecule has 0 bridgehead atoms. The van der Waals surface area contributed by atoms with Crippen molar-refractivity contribution in [2.45, 2.75) is 106 Å². The van der Waals surface area contributed by atoms with Crippen molar-refractivity contribution in [2.24, 2.45) is 0 Å². The highest BCUT2D eigenvalue weighted by molar-refractivity contribution is 5.73. The first kappa shape index (κ1) is 30.5. The lowest BCUT2D eigenvalue weighted by Crippen LogP contribution is -2.66. The van der Waals surface area contributed by atoms with Crippen molar-refractivity contribution in [2.75, 3.05) is 20.3 Å². The van der Waals surface area contributed by atoms with E-state index in [1.807, 2.05) is 0 Å². The molecule has 15 atom stereocenters. The largest absolute Gasteiger partial charge is 0.394 e. The lowest BCUT2D eigenvalue weighted by Gasteiger charge is -2.46. The molecule has 0 spiro atoms. The van der Waals surface area contributed by atoms with E-state index in [-0.39, 0.29) is 0 Å².